The zero-order valence-corrected chi connectivity index (χ0v) is 18.4. The minimum absolute atomic E-state index is 0.298. The van der Waals surface area contributed by atoms with E-state index in [4.69, 9.17) is 4.74 Å². The molecule has 0 fully saturated rings. The van der Waals surface area contributed by atoms with Gasteiger partial charge in [-0.25, -0.2) is 4.79 Å². The van der Waals surface area contributed by atoms with E-state index < -0.39 is 0 Å². The van der Waals surface area contributed by atoms with E-state index in [1.807, 2.05) is 57.2 Å². The van der Waals surface area contributed by atoms with Gasteiger partial charge in [0.05, 0.1) is 11.4 Å². The molecular formula is C24H25N5O2. The molecule has 0 atom stereocenters. The van der Waals surface area contributed by atoms with Crippen LogP contribution in [0.3, 0.4) is 0 Å². The number of pyridine rings is 1. The van der Waals surface area contributed by atoms with Gasteiger partial charge in [0.1, 0.15) is 12.4 Å². The van der Waals surface area contributed by atoms with Crippen molar-refractivity contribution in [1.29, 1.82) is 0 Å². The summed E-state index contributed by atoms with van der Waals surface area (Å²) >= 11 is 0. The van der Waals surface area contributed by atoms with Crippen LogP contribution in [0.1, 0.15) is 27.9 Å². The number of nitrogens with zero attached hydrogens (tertiary/aromatic N) is 5. The summed E-state index contributed by atoms with van der Waals surface area (Å²) in [5, 5.41) is 7.79. The number of rotatable bonds is 5. The summed E-state index contributed by atoms with van der Waals surface area (Å²) in [5.74, 6) is 0.787. The van der Waals surface area contributed by atoms with Crippen molar-refractivity contribution in [3.05, 3.63) is 87.0 Å². The Labute approximate surface area is 180 Å². The van der Waals surface area contributed by atoms with E-state index in [1.165, 1.54) is 9.36 Å². The Morgan fingerprint density at radius 2 is 1.71 bits per heavy atom. The summed E-state index contributed by atoms with van der Waals surface area (Å²) in [6.07, 6.45) is 0. The maximum absolute atomic E-state index is 12.3. The Balaban J connectivity index is 1.63. The molecule has 0 aliphatic rings. The van der Waals surface area contributed by atoms with Gasteiger partial charge in [0, 0.05) is 23.9 Å². The van der Waals surface area contributed by atoms with Gasteiger partial charge >= 0.3 is 5.69 Å². The van der Waals surface area contributed by atoms with Crippen molar-refractivity contribution in [2.75, 3.05) is 0 Å². The zero-order chi connectivity index (χ0) is 22.1. The van der Waals surface area contributed by atoms with Gasteiger partial charge in [-0.15, -0.1) is 0 Å². The molecule has 0 amide bonds. The summed E-state index contributed by atoms with van der Waals surface area (Å²) in [7, 11) is 1.58. The average molecular weight is 415 g/mol. The molecule has 7 nitrogen and oxygen atoms in total. The van der Waals surface area contributed by atoms with Crippen molar-refractivity contribution in [1.82, 2.24) is 24.8 Å². The standard InChI is InChI=1S/C24H25N5O2/c1-15-7-6-8-21(29-24(30)28(5)26-27-29)20(15)14-31-22-12-11-19(13-17(22)3)23-16(2)9-10-18(4)25-23/h6-13H,14H2,1-5H3. The van der Waals surface area contributed by atoms with Crippen LogP contribution in [-0.2, 0) is 13.7 Å². The minimum atomic E-state index is -0.298. The topological polar surface area (TPSA) is 74.8 Å². The first-order valence-electron chi connectivity index (χ1n) is 10.1. The van der Waals surface area contributed by atoms with Crippen molar-refractivity contribution in [3.63, 3.8) is 0 Å². The second-order valence-corrected chi connectivity index (χ2v) is 7.76. The van der Waals surface area contributed by atoms with Gasteiger partial charge in [0.25, 0.3) is 0 Å². The summed E-state index contributed by atoms with van der Waals surface area (Å²) < 4.78 is 8.67. The highest BCUT2D eigenvalue weighted by atomic mass is 16.5. The Morgan fingerprint density at radius 1 is 0.903 bits per heavy atom. The van der Waals surface area contributed by atoms with Crippen LogP contribution < -0.4 is 10.4 Å². The Hall–Kier alpha value is -3.74. The Bertz CT molecular complexity index is 1320. The maximum Gasteiger partial charge on any atom is 0.368 e. The fourth-order valence-corrected chi connectivity index (χ4v) is 3.56. The molecule has 31 heavy (non-hydrogen) atoms. The number of ether oxygens (including phenoxy) is 1. The Morgan fingerprint density at radius 3 is 2.42 bits per heavy atom. The summed E-state index contributed by atoms with van der Waals surface area (Å²) in [4.78, 5) is 17.0. The quantitative estimate of drug-likeness (QED) is 0.495. The largest absolute Gasteiger partial charge is 0.489 e. The molecule has 158 valence electrons. The van der Waals surface area contributed by atoms with Crippen LogP contribution in [0.4, 0.5) is 0 Å². The third kappa shape index (κ3) is 3.99. The molecule has 4 aromatic rings. The first-order valence-corrected chi connectivity index (χ1v) is 10.1. The smallest absolute Gasteiger partial charge is 0.368 e. The van der Waals surface area contributed by atoms with Crippen molar-refractivity contribution in [2.45, 2.75) is 34.3 Å². The van der Waals surface area contributed by atoms with E-state index in [0.29, 0.717) is 12.3 Å². The molecule has 0 aliphatic carbocycles. The second kappa shape index (κ2) is 8.18. The SMILES string of the molecule is Cc1ccc(C)c(-c2ccc(OCc3c(C)cccc3-n3nnn(C)c3=O)c(C)c2)n1. The molecule has 0 unspecified atom stereocenters. The lowest BCUT2D eigenvalue weighted by atomic mass is 10.0. The van der Waals surface area contributed by atoms with Crippen molar-refractivity contribution in [2.24, 2.45) is 7.05 Å². The van der Waals surface area contributed by atoms with Crippen LogP contribution in [0.15, 0.2) is 53.3 Å². The van der Waals surface area contributed by atoms with Gasteiger partial charge in [0.15, 0.2) is 0 Å². The van der Waals surface area contributed by atoms with Gasteiger partial charge in [-0.3, -0.25) is 4.98 Å². The van der Waals surface area contributed by atoms with Crippen molar-refractivity contribution < 1.29 is 4.74 Å². The van der Waals surface area contributed by atoms with Crippen LogP contribution in [0.25, 0.3) is 16.9 Å². The molecule has 0 spiro atoms. The maximum atomic E-state index is 12.3. The molecular weight excluding hydrogens is 390 g/mol. The highest BCUT2D eigenvalue weighted by Crippen LogP contribution is 2.28. The minimum Gasteiger partial charge on any atom is -0.489 e. The van der Waals surface area contributed by atoms with Crippen molar-refractivity contribution in [3.8, 4) is 22.7 Å². The lowest BCUT2D eigenvalue weighted by Gasteiger charge is -2.15. The van der Waals surface area contributed by atoms with E-state index in [9.17, 15) is 4.79 Å². The molecule has 0 saturated carbocycles. The summed E-state index contributed by atoms with van der Waals surface area (Å²) in [5.41, 5.74) is 7.48. The van der Waals surface area contributed by atoms with Crippen LogP contribution in [0.2, 0.25) is 0 Å². The predicted octanol–water partition coefficient (Wildman–Crippen LogP) is 3.84. The number of hydrogen-bond donors (Lipinski definition) is 0. The number of tetrazole rings is 1. The van der Waals surface area contributed by atoms with Gasteiger partial charge in [0.2, 0.25) is 0 Å². The first kappa shape index (κ1) is 20.5. The normalized spacial score (nSPS) is 11.0. The van der Waals surface area contributed by atoms with Crippen LogP contribution >= 0.6 is 0 Å². The highest BCUT2D eigenvalue weighted by Gasteiger charge is 2.14. The molecule has 0 radical (unpaired) electrons. The van der Waals surface area contributed by atoms with Gasteiger partial charge in [-0.2, -0.15) is 9.36 Å². The molecule has 2 aromatic carbocycles. The monoisotopic (exact) mass is 415 g/mol. The van der Waals surface area contributed by atoms with E-state index in [-0.39, 0.29) is 5.69 Å². The number of benzene rings is 2. The summed E-state index contributed by atoms with van der Waals surface area (Å²) in [6, 6.07) is 15.9. The van der Waals surface area contributed by atoms with Crippen molar-refractivity contribution >= 4 is 0 Å². The molecule has 0 saturated heterocycles. The number of aromatic nitrogens is 5. The fraction of sp³-hybridized carbons (Fsp3) is 0.250. The van der Waals surface area contributed by atoms with E-state index >= 15 is 0 Å². The first-order chi connectivity index (χ1) is 14.8. The van der Waals surface area contributed by atoms with E-state index in [1.54, 1.807) is 7.05 Å². The summed E-state index contributed by atoms with van der Waals surface area (Å²) in [6.45, 7) is 8.39. The third-order valence-corrected chi connectivity index (χ3v) is 5.39. The molecule has 0 bridgehead atoms. The number of hydrogen-bond acceptors (Lipinski definition) is 5. The fourth-order valence-electron chi connectivity index (χ4n) is 3.56. The van der Waals surface area contributed by atoms with E-state index in [2.05, 4.69) is 34.5 Å². The van der Waals surface area contributed by atoms with Crippen LogP contribution in [0.5, 0.6) is 5.75 Å². The molecule has 2 aromatic heterocycles. The molecule has 7 heteroatoms. The molecule has 0 N–H and O–H groups in total. The van der Waals surface area contributed by atoms with Crippen LogP contribution in [0, 0.1) is 27.7 Å². The molecule has 0 aliphatic heterocycles. The third-order valence-electron chi connectivity index (χ3n) is 5.39. The van der Waals surface area contributed by atoms with Crippen LogP contribution in [-0.4, -0.2) is 24.8 Å². The highest BCUT2D eigenvalue weighted by molar-refractivity contribution is 5.65. The number of aryl methyl sites for hydroxylation is 5. The molecule has 4 rings (SSSR count). The lowest BCUT2D eigenvalue weighted by Crippen LogP contribution is -2.23. The zero-order valence-electron chi connectivity index (χ0n) is 18.4. The Kier molecular flexibility index (Phi) is 5.42. The van der Waals surface area contributed by atoms with E-state index in [0.717, 1.165) is 45.0 Å². The van der Waals surface area contributed by atoms with Gasteiger partial charge in [-0.05, 0) is 85.1 Å². The average Bonchev–Trinajstić information content (AvgIpc) is 3.08. The predicted molar refractivity (Wildman–Crippen MR) is 120 cm³/mol. The van der Waals surface area contributed by atoms with Gasteiger partial charge < -0.3 is 4.74 Å². The molecule has 2 heterocycles. The second-order valence-electron chi connectivity index (χ2n) is 7.76. The van der Waals surface area contributed by atoms with Gasteiger partial charge in [-0.1, -0.05) is 18.2 Å². The lowest BCUT2D eigenvalue weighted by molar-refractivity contribution is 0.302.